The number of hydrogen-bond donors (Lipinski definition) is 1. The van der Waals surface area contributed by atoms with Crippen molar-refractivity contribution in [1.29, 1.82) is 0 Å². The average Bonchev–Trinajstić information content (AvgIpc) is 2.39. The summed E-state index contributed by atoms with van der Waals surface area (Å²) in [4.78, 5) is 10.5. The van der Waals surface area contributed by atoms with E-state index in [-0.39, 0.29) is 10.6 Å². The molecule has 1 aromatic carbocycles. The number of nitro benzene ring substituents is 1. The van der Waals surface area contributed by atoms with Crippen molar-refractivity contribution in [1.82, 2.24) is 5.32 Å². The molecule has 5 heteroatoms. The number of rotatable bonds is 8. The van der Waals surface area contributed by atoms with Crippen molar-refractivity contribution in [2.24, 2.45) is 5.92 Å². The first-order chi connectivity index (χ1) is 9.90. The Labute approximate surface area is 126 Å². The molecule has 116 valence electrons. The van der Waals surface area contributed by atoms with E-state index in [1.165, 1.54) is 11.6 Å². The Balaban J connectivity index is 2.83. The number of allylic oxidation sites excluding steroid dienone is 1. The molecule has 21 heavy (non-hydrogen) atoms. The molecule has 0 fully saturated rings. The summed E-state index contributed by atoms with van der Waals surface area (Å²) in [5.74, 6) is 1.22. The van der Waals surface area contributed by atoms with Crippen molar-refractivity contribution in [3.63, 3.8) is 0 Å². The average molecular weight is 292 g/mol. The summed E-state index contributed by atoms with van der Waals surface area (Å²) in [7, 11) is 0. The molecule has 1 rings (SSSR count). The predicted molar refractivity (Wildman–Crippen MR) is 84.6 cm³/mol. The molecule has 0 bridgehead atoms. The lowest BCUT2D eigenvalue weighted by molar-refractivity contribution is -0.384. The van der Waals surface area contributed by atoms with E-state index < -0.39 is 0 Å². The van der Waals surface area contributed by atoms with Crippen LogP contribution in [0.4, 0.5) is 5.69 Å². The van der Waals surface area contributed by atoms with E-state index in [9.17, 15) is 10.1 Å². The maximum Gasteiger partial charge on any atom is 0.270 e. The van der Waals surface area contributed by atoms with Crippen LogP contribution in [0.2, 0.25) is 0 Å². The van der Waals surface area contributed by atoms with Gasteiger partial charge in [0.2, 0.25) is 0 Å². The van der Waals surface area contributed by atoms with E-state index in [1.807, 2.05) is 19.9 Å². The Morgan fingerprint density at radius 3 is 2.71 bits per heavy atom. The van der Waals surface area contributed by atoms with Crippen molar-refractivity contribution in [2.75, 3.05) is 13.2 Å². The van der Waals surface area contributed by atoms with Gasteiger partial charge in [0, 0.05) is 24.2 Å². The third-order valence-electron chi connectivity index (χ3n) is 2.85. The summed E-state index contributed by atoms with van der Waals surface area (Å²) in [6.45, 7) is 10.1. The third-order valence-corrected chi connectivity index (χ3v) is 2.85. The number of hydrogen-bond acceptors (Lipinski definition) is 4. The Morgan fingerprint density at radius 2 is 2.14 bits per heavy atom. The van der Waals surface area contributed by atoms with Crippen LogP contribution in [0.5, 0.6) is 5.75 Å². The first kappa shape index (κ1) is 17.2. The minimum absolute atomic E-state index is 0.0888. The monoisotopic (exact) mass is 292 g/mol. The van der Waals surface area contributed by atoms with Gasteiger partial charge in [0.1, 0.15) is 12.4 Å². The lowest BCUT2D eigenvalue weighted by Crippen LogP contribution is -2.19. The lowest BCUT2D eigenvalue weighted by atomic mass is 10.1. The van der Waals surface area contributed by atoms with E-state index in [0.29, 0.717) is 24.8 Å². The van der Waals surface area contributed by atoms with E-state index in [1.54, 1.807) is 12.1 Å². The molecule has 0 saturated carbocycles. The van der Waals surface area contributed by atoms with Gasteiger partial charge in [-0.3, -0.25) is 10.1 Å². The van der Waals surface area contributed by atoms with Crippen LogP contribution in [-0.2, 0) is 6.54 Å². The molecule has 0 saturated heterocycles. The molecule has 0 radical (unpaired) electrons. The summed E-state index contributed by atoms with van der Waals surface area (Å²) in [5.41, 5.74) is 2.08. The van der Waals surface area contributed by atoms with E-state index in [2.05, 4.69) is 19.2 Å². The van der Waals surface area contributed by atoms with Crippen molar-refractivity contribution in [3.8, 4) is 5.75 Å². The van der Waals surface area contributed by atoms with Gasteiger partial charge in [-0.05, 0) is 38.5 Å². The number of non-ortho nitro benzene ring substituents is 1. The number of nitro groups is 1. The maximum atomic E-state index is 10.9. The molecular weight excluding hydrogens is 268 g/mol. The summed E-state index contributed by atoms with van der Waals surface area (Å²) >= 11 is 0. The summed E-state index contributed by atoms with van der Waals surface area (Å²) in [5, 5.41) is 14.2. The molecule has 0 aromatic heterocycles. The van der Waals surface area contributed by atoms with Gasteiger partial charge in [0.15, 0.2) is 0 Å². The third kappa shape index (κ3) is 6.40. The van der Waals surface area contributed by atoms with Crippen LogP contribution in [0.15, 0.2) is 29.8 Å². The summed E-state index contributed by atoms with van der Waals surface area (Å²) < 4.78 is 5.70. The van der Waals surface area contributed by atoms with Gasteiger partial charge in [0.05, 0.1) is 4.92 Å². The highest BCUT2D eigenvalue weighted by atomic mass is 16.6. The Hall–Kier alpha value is -1.88. The molecule has 0 aliphatic heterocycles. The number of nitrogens with zero attached hydrogens (tertiary/aromatic N) is 1. The number of benzene rings is 1. The second-order valence-electron chi connectivity index (χ2n) is 5.67. The number of nitrogens with one attached hydrogen (secondary N) is 1. The first-order valence-electron chi connectivity index (χ1n) is 7.14. The molecule has 0 spiro atoms. The van der Waals surface area contributed by atoms with E-state index in [0.717, 1.165) is 12.1 Å². The van der Waals surface area contributed by atoms with Gasteiger partial charge in [-0.1, -0.05) is 19.4 Å². The second kappa shape index (κ2) is 8.42. The predicted octanol–water partition coefficient (Wildman–Crippen LogP) is 3.69. The van der Waals surface area contributed by atoms with Gasteiger partial charge in [-0.2, -0.15) is 0 Å². The second-order valence-corrected chi connectivity index (χ2v) is 5.67. The fourth-order valence-electron chi connectivity index (χ4n) is 1.75. The van der Waals surface area contributed by atoms with Crippen LogP contribution in [0.25, 0.3) is 0 Å². The molecule has 0 amide bonds. The fraction of sp³-hybridized carbons (Fsp3) is 0.500. The van der Waals surface area contributed by atoms with Crippen molar-refractivity contribution >= 4 is 5.69 Å². The van der Waals surface area contributed by atoms with Crippen LogP contribution in [0, 0.1) is 16.0 Å². The highest BCUT2D eigenvalue weighted by molar-refractivity contribution is 5.43. The minimum Gasteiger partial charge on any atom is -0.489 e. The molecule has 1 aromatic rings. The van der Waals surface area contributed by atoms with Crippen LogP contribution in [0.3, 0.4) is 0 Å². The Bertz CT molecular complexity index is 506. The summed E-state index contributed by atoms with van der Waals surface area (Å²) in [6, 6.07) is 4.72. The van der Waals surface area contributed by atoms with Gasteiger partial charge in [-0.25, -0.2) is 0 Å². The normalized spacial score (nSPS) is 10.5. The first-order valence-corrected chi connectivity index (χ1v) is 7.14. The molecule has 0 heterocycles. The SMILES string of the molecule is CC(C)=CCOc1ccc([N+](=O)[O-])cc1CNCC(C)C. The quantitative estimate of drug-likeness (QED) is 0.451. The molecular formula is C16H24N2O3. The molecule has 0 atom stereocenters. The number of ether oxygens (including phenoxy) is 1. The van der Waals surface area contributed by atoms with E-state index in [4.69, 9.17) is 4.74 Å². The molecule has 5 nitrogen and oxygen atoms in total. The maximum absolute atomic E-state index is 10.9. The zero-order valence-electron chi connectivity index (χ0n) is 13.2. The molecule has 0 unspecified atom stereocenters. The van der Waals surface area contributed by atoms with Crippen LogP contribution in [0.1, 0.15) is 33.3 Å². The van der Waals surface area contributed by atoms with Crippen molar-refractivity contribution < 1.29 is 9.66 Å². The minimum atomic E-state index is -0.383. The van der Waals surface area contributed by atoms with Crippen LogP contribution in [-0.4, -0.2) is 18.1 Å². The van der Waals surface area contributed by atoms with Gasteiger partial charge in [-0.15, -0.1) is 0 Å². The largest absolute Gasteiger partial charge is 0.489 e. The molecule has 0 aliphatic rings. The smallest absolute Gasteiger partial charge is 0.270 e. The van der Waals surface area contributed by atoms with Crippen LogP contribution >= 0.6 is 0 Å². The zero-order valence-corrected chi connectivity index (χ0v) is 13.2. The topological polar surface area (TPSA) is 64.4 Å². The van der Waals surface area contributed by atoms with Gasteiger partial charge >= 0.3 is 0 Å². The Kier molecular flexibility index (Phi) is 6.88. The van der Waals surface area contributed by atoms with Crippen molar-refractivity contribution in [2.45, 2.75) is 34.2 Å². The fourth-order valence-corrected chi connectivity index (χ4v) is 1.75. The van der Waals surface area contributed by atoms with Crippen LogP contribution < -0.4 is 10.1 Å². The standard InChI is InChI=1S/C16H24N2O3/c1-12(2)7-8-21-16-6-5-15(18(19)20)9-14(16)11-17-10-13(3)4/h5-7,9,13,17H,8,10-11H2,1-4H3. The Morgan fingerprint density at radius 1 is 1.43 bits per heavy atom. The van der Waals surface area contributed by atoms with Gasteiger partial charge < -0.3 is 10.1 Å². The highest BCUT2D eigenvalue weighted by Crippen LogP contribution is 2.24. The van der Waals surface area contributed by atoms with Crippen molar-refractivity contribution in [3.05, 3.63) is 45.5 Å². The lowest BCUT2D eigenvalue weighted by Gasteiger charge is -2.12. The molecule has 1 N–H and O–H groups in total. The highest BCUT2D eigenvalue weighted by Gasteiger charge is 2.11. The zero-order chi connectivity index (χ0) is 15.8. The van der Waals surface area contributed by atoms with Gasteiger partial charge in [0.25, 0.3) is 5.69 Å². The molecule has 0 aliphatic carbocycles. The van der Waals surface area contributed by atoms with E-state index >= 15 is 0 Å². The summed E-state index contributed by atoms with van der Waals surface area (Å²) in [6.07, 6.45) is 1.98.